The maximum Gasteiger partial charge on any atom is 0.244 e. The summed E-state index contributed by atoms with van der Waals surface area (Å²) in [6, 6.07) is 10.8. The molecule has 0 fully saturated rings. The summed E-state index contributed by atoms with van der Waals surface area (Å²) in [5.74, 6) is -2.21. The highest BCUT2D eigenvalue weighted by atomic mass is 19.1. The molecule has 2 aromatic carbocycles. The van der Waals surface area contributed by atoms with Crippen LogP contribution in [0, 0.1) is 11.6 Å². The molecule has 1 aromatic heterocycles. The van der Waals surface area contributed by atoms with Crippen LogP contribution in [-0.4, -0.2) is 16.8 Å². The number of aromatic nitrogens is 1. The average molecular weight is 385 g/mol. The predicted octanol–water partition coefficient (Wildman–Crippen LogP) is 2.90. The van der Waals surface area contributed by atoms with Crippen molar-refractivity contribution in [2.24, 2.45) is 5.73 Å². The zero-order valence-electron chi connectivity index (χ0n) is 14.7. The largest absolute Gasteiger partial charge is 0.441 e. The van der Waals surface area contributed by atoms with Gasteiger partial charge in [0.1, 0.15) is 17.7 Å². The van der Waals surface area contributed by atoms with E-state index in [2.05, 4.69) is 10.3 Å². The molecule has 3 N–H and O–H groups in total. The molecule has 3 rings (SSSR count). The Labute approximate surface area is 159 Å². The van der Waals surface area contributed by atoms with Crippen LogP contribution in [-0.2, 0) is 16.0 Å². The van der Waals surface area contributed by atoms with E-state index in [-0.39, 0.29) is 30.1 Å². The Morgan fingerprint density at radius 1 is 1.14 bits per heavy atom. The summed E-state index contributed by atoms with van der Waals surface area (Å²) < 4.78 is 32.2. The van der Waals surface area contributed by atoms with E-state index in [1.54, 1.807) is 30.3 Å². The van der Waals surface area contributed by atoms with Gasteiger partial charge in [-0.2, -0.15) is 0 Å². The first-order valence-electron chi connectivity index (χ1n) is 8.48. The average Bonchev–Trinajstić information content (AvgIpc) is 3.13. The van der Waals surface area contributed by atoms with Gasteiger partial charge in [0.05, 0.1) is 11.8 Å². The van der Waals surface area contributed by atoms with E-state index in [1.807, 2.05) is 0 Å². The second-order valence-electron chi connectivity index (χ2n) is 6.06. The zero-order chi connectivity index (χ0) is 20.1. The van der Waals surface area contributed by atoms with Gasteiger partial charge in [0.25, 0.3) is 0 Å². The molecule has 0 unspecified atom stereocenters. The number of carbonyl (C=O) groups is 2. The summed E-state index contributed by atoms with van der Waals surface area (Å²) in [7, 11) is 0. The second kappa shape index (κ2) is 8.43. The number of rotatable bonds is 7. The number of nitrogens with zero attached hydrogens (tertiary/aromatic N) is 1. The summed E-state index contributed by atoms with van der Waals surface area (Å²) in [4.78, 5) is 27.8. The highest BCUT2D eigenvalue weighted by molar-refractivity contribution is 5.87. The number of hydrogen-bond acceptors (Lipinski definition) is 4. The summed E-state index contributed by atoms with van der Waals surface area (Å²) in [6.07, 6.45) is 1.43. The van der Waals surface area contributed by atoms with Gasteiger partial charge in [0.2, 0.25) is 11.8 Å². The van der Waals surface area contributed by atoms with Gasteiger partial charge in [-0.15, -0.1) is 0 Å². The van der Waals surface area contributed by atoms with Crippen molar-refractivity contribution in [2.45, 2.75) is 18.9 Å². The fourth-order valence-corrected chi connectivity index (χ4v) is 2.66. The Bertz CT molecular complexity index is 989. The molecule has 1 heterocycles. The smallest absolute Gasteiger partial charge is 0.244 e. The molecule has 0 saturated heterocycles. The summed E-state index contributed by atoms with van der Waals surface area (Å²) in [5.41, 5.74) is 6.02. The first-order chi connectivity index (χ1) is 13.4. The normalized spacial score (nSPS) is 11.8. The van der Waals surface area contributed by atoms with Crippen molar-refractivity contribution in [3.8, 4) is 11.3 Å². The van der Waals surface area contributed by atoms with Crippen molar-refractivity contribution < 1.29 is 22.8 Å². The minimum absolute atomic E-state index is 0.0114. The molecule has 0 radical (unpaired) electrons. The highest BCUT2D eigenvalue weighted by Crippen LogP contribution is 2.24. The standard InChI is InChI=1S/C20H17F2N3O3/c21-13-6-7-14(15(22)10-13)16-11-24-18(28-16)9-8-17(26)25-19(20(23)27)12-4-2-1-3-5-12/h1-7,10-11,19H,8-9H2,(H2,23,27)(H,25,26)/t19-/m0/s1. The van der Waals surface area contributed by atoms with E-state index >= 15 is 0 Å². The molecule has 144 valence electrons. The van der Waals surface area contributed by atoms with Crippen LogP contribution in [0.1, 0.15) is 23.9 Å². The molecule has 0 spiro atoms. The van der Waals surface area contributed by atoms with Gasteiger partial charge in [-0.3, -0.25) is 9.59 Å². The first kappa shape index (κ1) is 19.2. The second-order valence-corrected chi connectivity index (χ2v) is 6.06. The van der Waals surface area contributed by atoms with Crippen LogP contribution < -0.4 is 11.1 Å². The molecule has 6 nitrogen and oxygen atoms in total. The van der Waals surface area contributed by atoms with Gasteiger partial charge in [-0.05, 0) is 17.7 Å². The number of aryl methyl sites for hydroxylation is 1. The molecule has 0 aliphatic carbocycles. The van der Waals surface area contributed by atoms with E-state index in [0.29, 0.717) is 5.56 Å². The zero-order valence-corrected chi connectivity index (χ0v) is 14.7. The Balaban J connectivity index is 1.62. The fourth-order valence-electron chi connectivity index (χ4n) is 2.66. The first-order valence-corrected chi connectivity index (χ1v) is 8.48. The number of primary amides is 1. The van der Waals surface area contributed by atoms with Gasteiger partial charge in [-0.25, -0.2) is 13.8 Å². The number of nitrogens with two attached hydrogens (primary N) is 1. The lowest BCUT2D eigenvalue weighted by Crippen LogP contribution is -2.37. The van der Waals surface area contributed by atoms with Crippen molar-refractivity contribution in [1.82, 2.24) is 10.3 Å². The summed E-state index contributed by atoms with van der Waals surface area (Å²) in [5, 5.41) is 2.57. The third-order valence-corrected chi connectivity index (χ3v) is 4.04. The Hall–Kier alpha value is -3.55. The van der Waals surface area contributed by atoms with Crippen LogP contribution in [0.2, 0.25) is 0 Å². The maximum absolute atomic E-state index is 13.8. The predicted molar refractivity (Wildman–Crippen MR) is 96.7 cm³/mol. The minimum Gasteiger partial charge on any atom is -0.441 e. The van der Waals surface area contributed by atoms with Crippen molar-refractivity contribution in [2.75, 3.05) is 0 Å². The molecule has 0 aliphatic heterocycles. The lowest BCUT2D eigenvalue weighted by atomic mass is 10.1. The minimum atomic E-state index is -0.942. The number of hydrogen-bond donors (Lipinski definition) is 2. The van der Waals surface area contributed by atoms with E-state index in [1.165, 1.54) is 12.3 Å². The molecule has 3 aromatic rings. The number of nitrogens with one attached hydrogen (secondary N) is 1. The Morgan fingerprint density at radius 2 is 1.89 bits per heavy atom. The number of benzene rings is 2. The van der Waals surface area contributed by atoms with Crippen molar-refractivity contribution in [3.05, 3.63) is 77.8 Å². The summed E-state index contributed by atoms with van der Waals surface area (Å²) >= 11 is 0. The number of amides is 2. The lowest BCUT2D eigenvalue weighted by molar-refractivity contribution is -0.127. The van der Waals surface area contributed by atoms with E-state index in [0.717, 1.165) is 12.1 Å². The quantitative estimate of drug-likeness (QED) is 0.653. The van der Waals surface area contributed by atoms with Gasteiger partial charge >= 0.3 is 0 Å². The number of halogens is 2. The highest BCUT2D eigenvalue weighted by Gasteiger charge is 2.20. The number of oxazole rings is 1. The Morgan fingerprint density at radius 3 is 2.57 bits per heavy atom. The number of carbonyl (C=O) groups excluding carboxylic acids is 2. The molecule has 28 heavy (non-hydrogen) atoms. The van der Waals surface area contributed by atoms with Gasteiger partial charge in [0.15, 0.2) is 11.7 Å². The molecule has 8 heteroatoms. The van der Waals surface area contributed by atoms with Crippen LogP contribution >= 0.6 is 0 Å². The van der Waals surface area contributed by atoms with Crippen LogP contribution in [0.5, 0.6) is 0 Å². The van der Waals surface area contributed by atoms with Crippen molar-refractivity contribution in [3.63, 3.8) is 0 Å². The molecule has 1 atom stereocenters. The topological polar surface area (TPSA) is 98.2 Å². The monoisotopic (exact) mass is 385 g/mol. The van der Waals surface area contributed by atoms with Gasteiger partial charge in [0, 0.05) is 18.9 Å². The molecule has 0 bridgehead atoms. The molecule has 2 amide bonds. The lowest BCUT2D eigenvalue weighted by Gasteiger charge is -2.15. The van der Waals surface area contributed by atoms with Gasteiger partial charge < -0.3 is 15.5 Å². The van der Waals surface area contributed by atoms with Crippen molar-refractivity contribution >= 4 is 11.8 Å². The van der Waals surface area contributed by atoms with Crippen LogP contribution in [0.3, 0.4) is 0 Å². The Kier molecular flexibility index (Phi) is 5.78. The van der Waals surface area contributed by atoms with Gasteiger partial charge in [-0.1, -0.05) is 30.3 Å². The van der Waals surface area contributed by atoms with Crippen molar-refractivity contribution in [1.29, 1.82) is 0 Å². The summed E-state index contributed by atoms with van der Waals surface area (Å²) in [6.45, 7) is 0. The third kappa shape index (κ3) is 4.59. The fraction of sp³-hybridized carbons (Fsp3) is 0.150. The SMILES string of the molecule is NC(=O)[C@@H](NC(=O)CCc1ncc(-c2ccc(F)cc2F)o1)c1ccccc1. The van der Waals surface area contributed by atoms with Crippen LogP contribution in [0.25, 0.3) is 11.3 Å². The molecular formula is C20H17F2N3O3. The van der Waals surface area contributed by atoms with E-state index in [9.17, 15) is 18.4 Å². The molecule has 0 aliphatic rings. The van der Waals surface area contributed by atoms with E-state index < -0.39 is 29.5 Å². The third-order valence-electron chi connectivity index (χ3n) is 4.04. The van der Waals surface area contributed by atoms with Crippen LogP contribution in [0.15, 0.2) is 59.1 Å². The molecular weight excluding hydrogens is 368 g/mol. The maximum atomic E-state index is 13.8. The van der Waals surface area contributed by atoms with Crippen LogP contribution in [0.4, 0.5) is 8.78 Å². The van der Waals surface area contributed by atoms with E-state index in [4.69, 9.17) is 10.2 Å². The molecule has 0 saturated carbocycles.